The third kappa shape index (κ3) is 4.58. The normalized spacial score (nSPS) is 20.4. The van der Waals surface area contributed by atoms with Gasteiger partial charge in [0.15, 0.2) is 0 Å². The monoisotopic (exact) mass is 489 g/mol. The molecule has 2 atom stereocenters. The molecule has 2 aliphatic rings. The minimum absolute atomic E-state index is 0.0752. The van der Waals surface area contributed by atoms with Crippen molar-refractivity contribution in [2.75, 3.05) is 16.8 Å². The zero-order valence-electron chi connectivity index (χ0n) is 21.0. The number of rotatable bonds is 6. The molecule has 0 bridgehead atoms. The molecule has 37 heavy (non-hydrogen) atoms. The molecule has 5 heteroatoms. The lowest BCUT2D eigenvalue weighted by Crippen LogP contribution is -2.48. The summed E-state index contributed by atoms with van der Waals surface area (Å²) in [6, 6.07) is 36.8. The van der Waals surface area contributed by atoms with Crippen molar-refractivity contribution in [3.8, 4) is 5.75 Å². The lowest BCUT2D eigenvalue weighted by atomic mass is 9.81. The highest BCUT2D eigenvalue weighted by molar-refractivity contribution is 5.86. The summed E-state index contributed by atoms with van der Waals surface area (Å²) >= 11 is 0. The summed E-state index contributed by atoms with van der Waals surface area (Å²) < 4.78 is 5.73. The second kappa shape index (κ2) is 9.75. The van der Waals surface area contributed by atoms with Gasteiger partial charge in [0.2, 0.25) is 0 Å². The van der Waals surface area contributed by atoms with Gasteiger partial charge in [0.05, 0.1) is 6.17 Å². The first-order chi connectivity index (χ1) is 18.1. The fraction of sp³-hybridized carbons (Fsp3) is 0.219. The van der Waals surface area contributed by atoms with E-state index in [4.69, 9.17) is 4.74 Å². The molecule has 4 aromatic carbocycles. The molecule has 0 aromatic heterocycles. The van der Waals surface area contributed by atoms with Crippen LogP contribution in [-0.4, -0.2) is 23.7 Å². The Bertz CT molecular complexity index is 1380. The van der Waals surface area contributed by atoms with Crippen molar-refractivity contribution in [1.82, 2.24) is 4.90 Å². The molecule has 2 heterocycles. The van der Waals surface area contributed by atoms with Crippen molar-refractivity contribution in [3.05, 3.63) is 126 Å². The molecule has 1 amide bonds. The highest BCUT2D eigenvalue weighted by Crippen LogP contribution is 2.53. The molecule has 186 valence electrons. The molecule has 4 aromatic rings. The van der Waals surface area contributed by atoms with Gasteiger partial charge in [-0.25, -0.2) is 4.79 Å². The molecular weight excluding hydrogens is 458 g/mol. The Balaban J connectivity index is 1.31. The van der Waals surface area contributed by atoms with Crippen molar-refractivity contribution in [2.24, 2.45) is 0 Å². The number of nitrogens with one attached hydrogen (secondary N) is 1. The average Bonchev–Trinajstić information content (AvgIpc) is 3.37. The minimum Gasteiger partial charge on any atom is -0.410 e. The van der Waals surface area contributed by atoms with Crippen LogP contribution >= 0.6 is 0 Å². The van der Waals surface area contributed by atoms with Crippen LogP contribution in [0.15, 0.2) is 109 Å². The topological polar surface area (TPSA) is 44.8 Å². The van der Waals surface area contributed by atoms with Crippen LogP contribution in [0.5, 0.6) is 5.75 Å². The van der Waals surface area contributed by atoms with Gasteiger partial charge < -0.3 is 9.64 Å². The maximum Gasteiger partial charge on any atom is 0.417 e. The van der Waals surface area contributed by atoms with Crippen molar-refractivity contribution < 1.29 is 9.53 Å². The van der Waals surface area contributed by atoms with Gasteiger partial charge in [-0.1, -0.05) is 85.8 Å². The molecule has 1 saturated heterocycles. The molecule has 1 N–H and O–H groups in total. The zero-order valence-corrected chi connectivity index (χ0v) is 21.0. The SMILES string of the molecule is C[C@@]12CCN(Cc3ccccc3)[C@@H]1N(Cc1ccccc1)c1ccc(OC(=O)Nc3ccccc3)cc12. The first-order valence-electron chi connectivity index (χ1n) is 12.9. The van der Waals surface area contributed by atoms with Crippen molar-refractivity contribution >= 4 is 17.5 Å². The van der Waals surface area contributed by atoms with E-state index >= 15 is 0 Å². The number of fused-ring (bicyclic) bond motifs is 3. The molecule has 0 saturated carbocycles. The average molecular weight is 490 g/mol. The van der Waals surface area contributed by atoms with Gasteiger partial charge >= 0.3 is 6.09 Å². The van der Waals surface area contributed by atoms with Crippen LogP contribution < -0.4 is 15.0 Å². The summed E-state index contributed by atoms with van der Waals surface area (Å²) in [5.41, 5.74) is 5.70. The number of anilines is 2. The van der Waals surface area contributed by atoms with Crippen LogP contribution in [0.3, 0.4) is 0 Å². The first-order valence-corrected chi connectivity index (χ1v) is 12.9. The second-order valence-electron chi connectivity index (χ2n) is 10.2. The number of ether oxygens (including phenoxy) is 1. The van der Waals surface area contributed by atoms with Crippen molar-refractivity contribution in [2.45, 2.75) is 38.0 Å². The van der Waals surface area contributed by atoms with Crippen molar-refractivity contribution in [3.63, 3.8) is 0 Å². The second-order valence-corrected chi connectivity index (χ2v) is 10.2. The molecule has 0 radical (unpaired) electrons. The number of hydrogen-bond donors (Lipinski definition) is 1. The van der Waals surface area contributed by atoms with Gasteiger partial charge in [-0.05, 0) is 53.4 Å². The lowest BCUT2D eigenvalue weighted by molar-refractivity contribution is 0.208. The maximum absolute atomic E-state index is 12.6. The molecule has 0 aliphatic carbocycles. The highest BCUT2D eigenvalue weighted by Gasteiger charge is 2.54. The largest absolute Gasteiger partial charge is 0.417 e. The number of benzene rings is 4. The number of hydrogen-bond acceptors (Lipinski definition) is 4. The van der Waals surface area contributed by atoms with E-state index in [1.807, 2.05) is 36.4 Å². The molecular formula is C32H31N3O2. The predicted octanol–water partition coefficient (Wildman–Crippen LogP) is 6.81. The van der Waals surface area contributed by atoms with E-state index < -0.39 is 6.09 Å². The Morgan fingerprint density at radius 2 is 1.49 bits per heavy atom. The van der Waals surface area contributed by atoms with Crippen LogP contribution in [0.1, 0.15) is 30.0 Å². The molecule has 2 aliphatic heterocycles. The van der Waals surface area contributed by atoms with Crippen LogP contribution in [0.25, 0.3) is 0 Å². The minimum atomic E-state index is -0.482. The Kier molecular flexibility index (Phi) is 6.15. The van der Waals surface area contributed by atoms with E-state index in [0.717, 1.165) is 26.1 Å². The highest BCUT2D eigenvalue weighted by atomic mass is 16.6. The number of carbonyl (C=O) groups is 1. The van der Waals surface area contributed by atoms with E-state index in [0.29, 0.717) is 11.4 Å². The van der Waals surface area contributed by atoms with Crippen LogP contribution in [-0.2, 0) is 18.5 Å². The predicted molar refractivity (Wildman–Crippen MR) is 148 cm³/mol. The number of likely N-dealkylation sites (tertiary alicyclic amines) is 1. The summed E-state index contributed by atoms with van der Waals surface area (Å²) in [5, 5.41) is 2.81. The van der Waals surface area contributed by atoms with Gasteiger partial charge in [-0.3, -0.25) is 10.2 Å². The standard InChI is InChI=1S/C32H31N3O2/c1-32-19-20-34(22-24-11-5-2-6-12-24)30(32)35(23-25-13-7-3-8-14-25)29-18-17-27(21-28(29)32)37-31(36)33-26-15-9-4-10-16-26/h2-18,21,30H,19-20,22-23H2,1H3,(H,33,36)/t30-,32+/m1/s1. The molecule has 1 fully saturated rings. The van der Waals surface area contributed by atoms with Crippen LogP contribution in [0.2, 0.25) is 0 Å². The fourth-order valence-electron chi connectivity index (χ4n) is 5.97. The van der Waals surface area contributed by atoms with E-state index in [2.05, 4.69) is 94.8 Å². The number of nitrogens with zero attached hydrogens (tertiary/aromatic N) is 2. The summed E-state index contributed by atoms with van der Waals surface area (Å²) in [7, 11) is 0. The molecule has 0 spiro atoms. The zero-order chi connectivity index (χ0) is 25.2. The Hall–Kier alpha value is -4.09. The first kappa shape index (κ1) is 23.3. The molecule has 6 rings (SSSR count). The quantitative estimate of drug-likeness (QED) is 0.323. The van der Waals surface area contributed by atoms with Gasteiger partial charge in [0.1, 0.15) is 5.75 Å². The smallest absolute Gasteiger partial charge is 0.410 e. The third-order valence-electron chi connectivity index (χ3n) is 7.68. The summed E-state index contributed by atoms with van der Waals surface area (Å²) in [6.45, 7) is 5.11. The number of carbonyl (C=O) groups excluding carboxylic acids is 1. The van der Waals surface area contributed by atoms with Crippen LogP contribution in [0.4, 0.5) is 16.2 Å². The third-order valence-corrected chi connectivity index (χ3v) is 7.68. The van der Waals surface area contributed by atoms with Crippen LogP contribution in [0, 0.1) is 0 Å². The Morgan fingerprint density at radius 1 is 0.865 bits per heavy atom. The Morgan fingerprint density at radius 3 is 2.16 bits per heavy atom. The van der Waals surface area contributed by atoms with Gasteiger partial charge in [0.25, 0.3) is 0 Å². The van der Waals surface area contributed by atoms with E-state index in [9.17, 15) is 4.79 Å². The maximum atomic E-state index is 12.6. The summed E-state index contributed by atoms with van der Waals surface area (Å²) in [6.07, 6.45) is 0.781. The van der Waals surface area contributed by atoms with Gasteiger partial charge in [0, 0.05) is 36.4 Å². The Labute approximate surface area is 218 Å². The summed E-state index contributed by atoms with van der Waals surface area (Å²) in [5.74, 6) is 0.565. The molecule has 5 nitrogen and oxygen atoms in total. The van der Waals surface area contributed by atoms with E-state index in [1.54, 1.807) is 0 Å². The van der Waals surface area contributed by atoms with Gasteiger partial charge in [-0.15, -0.1) is 0 Å². The number of para-hydroxylation sites is 1. The summed E-state index contributed by atoms with van der Waals surface area (Å²) in [4.78, 5) is 17.7. The van der Waals surface area contributed by atoms with E-state index in [-0.39, 0.29) is 11.6 Å². The van der Waals surface area contributed by atoms with Gasteiger partial charge in [-0.2, -0.15) is 0 Å². The van der Waals surface area contributed by atoms with Crippen molar-refractivity contribution in [1.29, 1.82) is 0 Å². The number of amides is 1. The fourth-order valence-corrected chi connectivity index (χ4v) is 5.97. The lowest BCUT2D eigenvalue weighted by Gasteiger charge is -2.37. The molecule has 0 unspecified atom stereocenters. The van der Waals surface area contributed by atoms with E-state index in [1.165, 1.54) is 22.4 Å².